The molecule has 2 fully saturated rings. The average molecular weight is 437 g/mol. The first-order chi connectivity index (χ1) is 15.1. The molecule has 0 unspecified atom stereocenters. The molecule has 2 atom stereocenters. The first-order valence-electron chi connectivity index (χ1n) is 10.7. The lowest BCUT2D eigenvalue weighted by Crippen LogP contribution is -2.44. The van der Waals surface area contributed by atoms with Gasteiger partial charge in [-0.3, -0.25) is 9.69 Å². The van der Waals surface area contributed by atoms with Crippen molar-refractivity contribution < 1.29 is 14.3 Å². The summed E-state index contributed by atoms with van der Waals surface area (Å²) in [6, 6.07) is 15.7. The standard InChI is InChI=1S/C25H28N2O3S/c1-17-9-7-8-12-20(17)27-24(28)23(31-25(27)26-19-10-5-4-6-11-19)16-18-13-14-21(29-2)22(15-18)30-3/h4-6,10-11,13-17,20H,7-9,12H2,1-3H3/b23-16-,26-25?/t17-,20+/m0/s1. The zero-order valence-corrected chi connectivity index (χ0v) is 19.0. The van der Waals surface area contributed by atoms with Gasteiger partial charge in [-0.1, -0.05) is 44.0 Å². The fourth-order valence-electron chi connectivity index (χ4n) is 4.24. The molecule has 162 valence electrons. The second-order valence-electron chi connectivity index (χ2n) is 7.96. The fourth-order valence-corrected chi connectivity index (χ4v) is 5.29. The second kappa shape index (κ2) is 9.60. The van der Waals surface area contributed by atoms with Crippen LogP contribution >= 0.6 is 11.8 Å². The van der Waals surface area contributed by atoms with Crippen LogP contribution in [0.25, 0.3) is 6.08 Å². The van der Waals surface area contributed by atoms with E-state index in [9.17, 15) is 4.79 Å². The largest absolute Gasteiger partial charge is 0.493 e. The van der Waals surface area contributed by atoms with Gasteiger partial charge in [0.05, 0.1) is 24.8 Å². The summed E-state index contributed by atoms with van der Waals surface area (Å²) in [4.78, 5) is 21.0. The van der Waals surface area contributed by atoms with Crippen LogP contribution in [-0.4, -0.2) is 36.2 Å². The van der Waals surface area contributed by atoms with E-state index in [1.807, 2.05) is 59.5 Å². The minimum atomic E-state index is 0.0354. The lowest BCUT2D eigenvalue weighted by molar-refractivity contribution is -0.124. The smallest absolute Gasteiger partial charge is 0.267 e. The van der Waals surface area contributed by atoms with Crippen molar-refractivity contribution in [2.75, 3.05) is 14.2 Å². The van der Waals surface area contributed by atoms with Gasteiger partial charge in [0.25, 0.3) is 5.91 Å². The van der Waals surface area contributed by atoms with E-state index in [0.717, 1.165) is 35.7 Å². The van der Waals surface area contributed by atoms with Crippen molar-refractivity contribution >= 4 is 34.6 Å². The van der Waals surface area contributed by atoms with Crippen molar-refractivity contribution in [2.45, 2.75) is 38.6 Å². The quantitative estimate of drug-likeness (QED) is 0.549. The number of hydrogen-bond donors (Lipinski definition) is 0. The topological polar surface area (TPSA) is 51.1 Å². The molecular formula is C25H28N2O3S. The van der Waals surface area contributed by atoms with Crippen LogP contribution in [-0.2, 0) is 4.79 Å². The molecule has 1 saturated carbocycles. The van der Waals surface area contributed by atoms with E-state index in [4.69, 9.17) is 14.5 Å². The van der Waals surface area contributed by atoms with E-state index >= 15 is 0 Å². The molecule has 2 aliphatic rings. The number of amides is 1. The Hall–Kier alpha value is -2.73. The van der Waals surface area contributed by atoms with E-state index in [1.54, 1.807) is 14.2 Å². The molecular weight excluding hydrogens is 408 g/mol. The predicted molar refractivity (Wildman–Crippen MR) is 127 cm³/mol. The maximum atomic E-state index is 13.5. The van der Waals surface area contributed by atoms with Crippen molar-refractivity contribution in [3.8, 4) is 11.5 Å². The zero-order valence-electron chi connectivity index (χ0n) is 18.2. The third-order valence-corrected chi connectivity index (χ3v) is 6.90. The molecule has 1 aliphatic carbocycles. The Labute approximate surface area is 188 Å². The minimum Gasteiger partial charge on any atom is -0.493 e. The minimum absolute atomic E-state index is 0.0354. The van der Waals surface area contributed by atoms with E-state index < -0.39 is 0 Å². The number of carbonyl (C=O) groups excluding carboxylic acids is 1. The molecule has 1 heterocycles. The van der Waals surface area contributed by atoms with Gasteiger partial charge < -0.3 is 9.47 Å². The molecule has 6 heteroatoms. The summed E-state index contributed by atoms with van der Waals surface area (Å²) in [7, 11) is 3.23. The number of amidine groups is 1. The molecule has 0 bridgehead atoms. The monoisotopic (exact) mass is 436 g/mol. The first kappa shape index (κ1) is 21.5. The normalized spacial score (nSPS) is 24.1. The molecule has 1 amide bonds. The van der Waals surface area contributed by atoms with Crippen LogP contribution in [0, 0.1) is 5.92 Å². The van der Waals surface area contributed by atoms with Crippen molar-refractivity contribution in [1.82, 2.24) is 4.90 Å². The molecule has 0 radical (unpaired) electrons. The van der Waals surface area contributed by atoms with Crippen LogP contribution in [0.15, 0.2) is 58.4 Å². The molecule has 5 nitrogen and oxygen atoms in total. The zero-order chi connectivity index (χ0) is 21.8. The number of ether oxygens (including phenoxy) is 2. The van der Waals surface area contributed by atoms with E-state index in [-0.39, 0.29) is 11.9 Å². The molecule has 31 heavy (non-hydrogen) atoms. The van der Waals surface area contributed by atoms with Crippen LogP contribution in [0.1, 0.15) is 38.2 Å². The SMILES string of the molecule is COc1ccc(/C=C2\SC(=Nc3ccccc3)N([C@@H]3CCCC[C@@H]3C)C2=O)cc1OC. The van der Waals surface area contributed by atoms with E-state index in [1.165, 1.54) is 18.2 Å². The Bertz CT molecular complexity index is 1000. The van der Waals surface area contributed by atoms with Crippen molar-refractivity contribution in [3.63, 3.8) is 0 Å². The lowest BCUT2D eigenvalue weighted by Gasteiger charge is -2.35. The summed E-state index contributed by atoms with van der Waals surface area (Å²) < 4.78 is 10.7. The molecule has 0 N–H and O–H groups in total. The van der Waals surface area contributed by atoms with Gasteiger partial charge in [-0.15, -0.1) is 0 Å². The highest BCUT2D eigenvalue weighted by molar-refractivity contribution is 8.18. The number of thioether (sulfide) groups is 1. The number of hydrogen-bond acceptors (Lipinski definition) is 5. The highest BCUT2D eigenvalue weighted by Gasteiger charge is 2.41. The van der Waals surface area contributed by atoms with Crippen LogP contribution < -0.4 is 9.47 Å². The Morgan fingerprint density at radius 1 is 1.03 bits per heavy atom. The van der Waals surface area contributed by atoms with Crippen LogP contribution in [0.2, 0.25) is 0 Å². The van der Waals surface area contributed by atoms with Gasteiger partial charge in [-0.05, 0) is 66.4 Å². The average Bonchev–Trinajstić information content (AvgIpc) is 3.09. The fraction of sp³-hybridized carbons (Fsp3) is 0.360. The van der Waals surface area contributed by atoms with Gasteiger partial charge in [0.1, 0.15) is 0 Å². The molecule has 2 aromatic rings. The van der Waals surface area contributed by atoms with Gasteiger partial charge in [0.15, 0.2) is 16.7 Å². The van der Waals surface area contributed by atoms with Crippen molar-refractivity contribution in [3.05, 3.63) is 59.0 Å². The second-order valence-corrected chi connectivity index (χ2v) is 8.97. The molecule has 0 spiro atoms. The third-order valence-electron chi connectivity index (χ3n) is 5.92. The number of methoxy groups -OCH3 is 2. The number of para-hydroxylation sites is 1. The number of carbonyl (C=O) groups is 1. The summed E-state index contributed by atoms with van der Waals surface area (Å²) in [6.45, 7) is 2.25. The lowest BCUT2D eigenvalue weighted by atomic mass is 9.85. The van der Waals surface area contributed by atoms with Crippen LogP contribution in [0.5, 0.6) is 11.5 Å². The van der Waals surface area contributed by atoms with E-state index in [0.29, 0.717) is 22.3 Å². The number of nitrogens with zero attached hydrogens (tertiary/aromatic N) is 2. The highest BCUT2D eigenvalue weighted by atomic mass is 32.2. The van der Waals surface area contributed by atoms with Crippen LogP contribution in [0.4, 0.5) is 5.69 Å². The first-order valence-corrected chi connectivity index (χ1v) is 11.5. The predicted octanol–water partition coefficient (Wildman–Crippen LogP) is 5.89. The molecule has 4 rings (SSSR count). The molecule has 1 saturated heterocycles. The third kappa shape index (κ3) is 4.64. The summed E-state index contributed by atoms with van der Waals surface area (Å²) in [5.41, 5.74) is 1.75. The van der Waals surface area contributed by atoms with E-state index in [2.05, 4.69) is 6.92 Å². The van der Waals surface area contributed by atoms with Gasteiger partial charge in [-0.25, -0.2) is 4.99 Å². The maximum Gasteiger partial charge on any atom is 0.267 e. The molecule has 0 aromatic heterocycles. The van der Waals surface area contributed by atoms with Crippen molar-refractivity contribution in [1.29, 1.82) is 0 Å². The van der Waals surface area contributed by atoms with Gasteiger partial charge in [0, 0.05) is 6.04 Å². The number of rotatable bonds is 5. The maximum absolute atomic E-state index is 13.5. The molecule has 1 aliphatic heterocycles. The Morgan fingerprint density at radius 3 is 2.48 bits per heavy atom. The summed E-state index contributed by atoms with van der Waals surface area (Å²) >= 11 is 1.45. The summed E-state index contributed by atoms with van der Waals surface area (Å²) in [6.07, 6.45) is 6.46. The Kier molecular flexibility index (Phi) is 6.66. The Balaban J connectivity index is 1.71. The van der Waals surface area contributed by atoms with Crippen molar-refractivity contribution in [2.24, 2.45) is 10.9 Å². The van der Waals surface area contributed by atoms with Gasteiger partial charge in [0.2, 0.25) is 0 Å². The Morgan fingerprint density at radius 2 is 1.77 bits per heavy atom. The van der Waals surface area contributed by atoms with Crippen LogP contribution in [0.3, 0.4) is 0 Å². The number of aliphatic imine (C=N–C) groups is 1. The highest BCUT2D eigenvalue weighted by Crippen LogP contribution is 2.40. The van der Waals surface area contributed by atoms with Gasteiger partial charge in [-0.2, -0.15) is 0 Å². The molecule has 2 aromatic carbocycles. The van der Waals surface area contributed by atoms with Gasteiger partial charge >= 0.3 is 0 Å². The summed E-state index contributed by atoms with van der Waals surface area (Å²) in [5, 5.41) is 0.765. The number of benzene rings is 2. The summed E-state index contributed by atoms with van der Waals surface area (Å²) in [5.74, 6) is 1.80.